The average Bonchev–Trinajstić information content (AvgIpc) is 2.37. The summed E-state index contributed by atoms with van der Waals surface area (Å²) in [6.45, 7) is 0. The van der Waals surface area contributed by atoms with E-state index >= 15 is 0 Å². The normalized spacial score (nSPS) is 12.5. The second-order valence-electron chi connectivity index (χ2n) is 4.27. The van der Waals surface area contributed by atoms with Gasteiger partial charge in [-0.3, -0.25) is 9.36 Å². The van der Waals surface area contributed by atoms with Crippen LogP contribution in [0.2, 0.25) is 0 Å². The first-order chi connectivity index (χ1) is 10.4. The van der Waals surface area contributed by atoms with E-state index in [1.165, 1.54) is 0 Å². The van der Waals surface area contributed by atoms with Gasteiger partial charge in [0.05, 0.1) is 5.56 Å². The molecule has 0 aliphatic carbocycles. The zero-order chi connectivity index (χ0) is 17.6. The first kappa shape index (κ1) is 17.4. The van der Waals surface area contributed by atoms with Gasteiger partial charge in [0.15, 0.2) is 5.69 Å². The van der Waals surface area contributed by atoms with Crippen molar-refractivity contribution in [2.75, 3.05) is 0 Å². The van der Waals surface area contributed by atoms with E-state index in [2.05, 4.69) is 20.9 Å². The summed E-state index contributed by atoms with van der Waals surface area (Å²) in [6.07, 6.45) is -9.32. The molecule has 0 unspecified atom stereocenters. The number of halogens is 8. The van der Waals surface area contributed by atoms with Crippen LogP contribution in [0.25, 0.3) is 5.69 Å². The number of hydrogen-bond acceptors (Lipinski definition) is 2. The molecule has 3 nitrogen and oxygen atoms in total. The van der Waals surface area contributed by atoms with Gasteiger partial charge in [-0.2, -0.15) is 26.3 Å². The molecule has 0 saturated carbocycles. The van der Waals surface area contributed by atoms with E-state index in [4.69, 9.17) is 0 Å². The van der Waals surface area contributed by atoms with Gasteiger partial charge in [0.25, 0.3) is 5.56 Å². The highest BCUT2D eigenvalue weighted by molar-refractivity contribution is 9.10. The molecule has 11 heteroatoms. The molecule has 2 rings (SSSR count). The first-order valence-corrected chi connectivity index (χ1v) is 6.43. The fraction of sp³-hybridized carbons (Fsp3) is 0.167. The molecule has 0 N–H and O–H groups in total. The summed E-state index contributed by atoms with van der Waals surface area (Å²) in [7, 11) is 0. The molecule has 0 aliphatic rings. The largest absolute Gasteiger partial charge is 0.433 e. The molecule has 0 amide bonds. The van der Waals surface area contributed by atoms with Crippen LogP contribution in [0.5, 0.6) is 0 Å². The maximum absolute atomic E-state index is 13.9. The Morgan fingerprint density at radius 2 is 1.61 bits per heavy atom. The zero-order valence-electron chi connectivity index (χ0n) is 10.6. The van der Waals surface area contributed by atoms with Crippen LogP contribution < -0.4 is 5.56 Å². The molecular weight excluding hydrogens is 401 g/mol. The molecule has 0 atom stereocenters. The van der Waals surface area contributed by atoms with E-state index in [0.29, 0.717) is 17.0 Å². The minimum absolute atomic E-state index is 0.115. The highest BCUT2D eigenvalue weighted by Crippen LogP contribution is 2.35. The molecule has 23 heavy (non-hydrogen) atoms. The van der Waals surface area contributed by atoms with Gasteiger partial charge in [0.2, 0.25) is 0 Å². The van der Waals surface area contributed by atoms with Crippen molar-refractivity contribution in [3.05, 3.63) is 56.4 Å². The number of hydrogen-bond donors (Lipinski definition) is 0. The van der Waals surface area contributed by atoms with Crippen molar-refractivity contribution in [3.8, 4) is 5.69 Å². The second-order valence-corrected chi connectivity index (χ2v) is 5.12. The molecular formula is C12H4BrF7N2O. The summed E-state index contributed by atoms with van der Waals surface area (Å²) >= 11 is 2.67. The van der Waals surface area contributed by atoms with Crippen molar-refractivity contribution in [3.63, 3.8) is 0 Å². The van der Waals surface area contributed by atoms with Crippen molar-refractivity contribution in [2.24, 2.45) is 0 Å². The molecule has 0 radical (unpaired) electrons. The van der Waals surface area contributed by atoms with E-state index in [9.17, 15) is 35.5 Å². The number of benzene rings is 1. The monoisotopic (exact) mass is 404 g/mol. The maximum atomic E-state index is 13.9. The van der Waals surface area contributed by atoms with Gasteiger partial charge in [-0.15, -0.1) is 0 Å². The zero-order valence-corrected chi connectivity index (χ0v) is 12.2. The minimum atomic E-state index is -4.88. The fourth-order valence-corrected chi connectivity index (χ4v) is 2.31. The summed E-state index contributed by atoms with van der Waals surface area (Å²) in [5, 5.41) is 0. The highest BCUT2D eigenvalue weighted by Gasteiger charge is 2.34. The second kappa shape index (κ2) is 5.62. The molecule has 0 saturated heterocycles. The molecule has 1 heterocycles. The Kier molecular flexibility index (Phi) is 4.26. The van der Waals surface area contributed by atoms with E-state index in [0.717, 1.165) is 0 Å². The van der Waals surface area contributed by atoms with Crippen molar-refractivity contribution in [2.45, 2.75) is 12.4 Å². The van der Waals surface area contributed by atoms with Crippen molar-refractivity contribution < 1.29 is 30.7 Å². The SMILES string of the molecule is O=c1cc(C(F)(F)F)ncn1-c1c(F)cc(C(F)(F)F)cc1Br. The smallest absolute Gasteiger partial charge is 0.269 e. The van der Waals surface area contributed by atoms with Gasteiger partial charge < -0.3 is 0 Å². The van der Waals surface area contributed by atoms with Gasteiger partial charge >= 0.3 is 12.4 Å². The minimum Gasteiger partial charge on any atom is -0.269 e. The van der Waals surface area contributed by atoms with Gasteiger partial charge in [0.1, 0.15) is 17.8 Å². The van der Waals surface area contributed by atoms with Crippen LogP contribution in [0.15, 0.2) is 33.8 Å². The predicted molar refractivity (Wildman–Crippen MR) is 67.5 cm³/mol. The highest BCUT2D eigenvalue weighted by atomic mass is 79.9. The summed E-state index contributed by atoms with van der Waals surface area (Å²) in [5.41, 5.74) is -4.79. The third kappa shape index (κ3) is 3.54. The maximum Gasteiger partial charge on any atom is 0.433 e. The molecule has 0 fully saturated rings. The molecule has 1 aromatic carbocycles. The Morgan fingerprint density at radius 3 is 2.04 bits per heavy atom. The van der Waals surface area contributed by atoms with E-state index in [-0.39, 0.29) is 12.1 Å². The van der Waals surface area contributed by atoms with Crippen LogP contribution in [-0.4, -0.2) is 9.55 Å². The molecule has 0 bridgehead atoms. The van der Waals surface area contributed by atoms with E-state index in [1.54, 1.807) is 0 Å². The molecule has 1 aromatic heterocycles. The number of nitrogens with zero attached hydrogens (tertiary/aromatic N) is 2. The Labute approximate surface area is 131 Å². The molecule has 2 aromatic rings. The summed E-state index contributed by atoms with van der Waals surface area (Å²) in [4.78, 5) is 14.7. The van der Waals surface area contributed by atoms with Crippen LogP contribution >= 0.6 is 15.9 Å². The lowest BCUT2D eigenvalue weighted by atomic mass is 10.2. The van der Waals surface area contributed by atoms with Crippen LogP contribution in [0.1, 0.15) is 11.3 Å². The topological polar surface area (TPSA) is 34.9 Å². The Balaban J connectivity index is 2.62. The summed E-state index contributed by atoms with van der Waals surface area (Å²) < 4.78 is 88.7. The van der Waals surface area contributed by atoms with Gasteiger partial charge in [-0.05, 0) is 28.1 Å². The van der Waals surface area contributed by atoms with Crippen LogP contribution in [0.4, 0.5) is 30.7 Å². The van der Waals surface area contributed by atoms with Crippen molar-refractivity contribution >= 4 is 15.9 Å². The Bertz CT molecular complexity index is 787. The Hall–Kier alpha value is -1.91. The predicted octanol–water partition coefficient (Wildman–Crippen LogP) is 4.17. The van der Waals surface area contributed by atoms with E-state index in [1.807, 2.05) is 0 Å². The summed E-state index contributed by atoms with van der Waals surface area (Å²) in [5.74, 6) is -1.45. The quantitative estimate of drug-likeness (QED) is 0.668. The van der Waals surface area contributed by atoms with Crippen LogP contribution in [0.3, 0.4) is 0 Å². The third-order valence-corrected chi connectivity index (χ3v) is 3.29. The Morgan fingerprint density at radius 1 is 1.00 bits per heavy atom. The number of rotatable bonds is 1. The lowest BCUT2D eigenvalue weighted by molar-refractivity contribution is -0.141. The molecule has 0 spiro atoms. The molecule has 124 valence electrons. The van der Waals surface area contributed by atoms with Gasteiger partial charge in [-0.1, -0.05) is 0 Å². The van der Waals surface area contributed by atoms with Crippen LogP contribution in [0, 0.1) is 5.82 Å². The summed E-state index contributed by atoms with van der Waals surface area (Å²) in [6, 6.07) is 0.746. The number of alkyl halides is 6. The van der Waals surface area contributed by atoms with Gasteiger partial charge in [-0.25, -0.2) is 9.37 Å². The standard InChI is InChI=1S/C12H4BrF7N2O/c13-6-1-5(11(15,16)17)2-7(14)10(6)22-4-21-8(3-9(22)23)12(18,19)20/h1-4H. The lowest BCUT2D eigenvalue weighted by Gasteiger charge is -2.13. The fourth-order valence-electron chi connectivity index (χ4n) is 1.68. The van der Waals surface area contributed by atoms with Crippen LogP contribution in [-0.2, 0) is 12.4 Å². The van der Waals surface area contributed by atoms with Crippen molar-refractivity contribution in [1.82, 2.24) is 9.55 Å². The van der Waals surface area contributed by atoms with Gasteiger partial charge in [0, 0.05) is 10.5 Å². The van der Waals surface area contributed by atoms with E-state index < -0.39 is 45.1 Å². The average molecular weight is 405 g/mol. The van der Waals surface area contributed by atoms with Crippen molar-refractivity contribution in [1.29, 1.82) is 0 Å². The number of aromatic nitrogens is 2. The first-order valence-electron chi connectivity index (χ1n) is 5.64. The third-order valence-electron chi connectivity index (χ3n) is 2.69. The molecule has 0 aliphatic heterocycles. The lowest BCUT2D eigenvalue weighted by Crippen LogP contribution is -2.23.